The van der Waals surface area contributed by atoms with Gasteiger partial charge in [0.05, 0.1) is 7.05 Å². The van der Waals surface area contributed by atoms with Crippen LogP contribution in [0.3, 0.4) is 0 Å². The van der Waals surface area contributed by atoms with E-state index in [1.54, 1.807) is 0 Å². The predicted octanol–water partition coefficient (Wildman–Crippen LogP) is 2.32. The summed E-state index contributed by atoms with van der Waals surface area (Å²) in [5, 5.41) is 7.82. The summed E-state index contributed by atoms with van der Waals surface area (Å²) in [6, 6.07) is 8.87. The Balaban J connectivity index is 1.81. The number of nitrogens with zero attached hydrogens (tertiary/aromatic N) is 3. The average molecular weight is 415 g/mol. The van der Waals surface area contributed by atoms with Crippen LogP contribution in [0.25, 0.3) is 11.4 Å². The minimum atomic E-state index is 0.0834. The molecule has 1 aliphatic rings. The van der Waals surface area contributed by atoms with Gasteiger partial charge in [0.1, 0.15) is 0 Å². The van der Waals surface area contributed by atoms with Crippen molar-refractivity contribution in [3.63, 3.8) is 0 Å². The highest BCUT2D eigenvalue weighted by molar-refractivity contribution is 7.71. The lowest BCUT2D eigenvalue weighted by Gasteiger charge is -2.19. The van der Waals surface area contributed by atoms with E-state index in [0.717, 1.165) is 29.1 Å². The van der Waals surface area contributed by atoms with Gasteiger partial charge in [-0.3, -0.25) is 9.36 Å². The summed E-state index contributed by atoms with van der Waals surface area (Å²) < 4.78 is 4.44. The van der Waals surface area contributed by atoms with Gasteiger partial charge in [-0.25, -0.2) is 0 Å². The van der Waals surface area contributed by atoms with Crippen LogP contribution in [0.15, 0.2) is 36.9 Å². The molecule has 0 saturated heterocycles. The minimum Gasteiger partial charge on any atom is -0.348 e. The minimum absolute atomic E-state index is 0.0834. The molecule has 1 atom stereocenters. The second kappa shape index (κ2) is 8.63. The molecule has 29 heavy (non-hydrogen) atoms. The first-order valence-corrected chi connectivity index (χ1v) is 10.6. The molecular formula is C22H32N5OS+. The van der Waals surface area contributed by atoms with Gasteiger partial charge in [-0.15, -0.1) is 11.7 Å². The van der Waals surface area contributed by atoms with Crippen LogP contribution in [-0.4, -0.2) is 39.9 Å². The van der Waals surface area contributed by atoms with Gasteiger partial charge in [-0.1, -0.05) is 51.1 Å². The number of rotatable bonds is 8. The highest BCUT2D eigenvalue weighted by Crippen LogP contribution is 2.25. The first-order valence-electron chi connectivity index (χ1n) is 10.2. The molecule has 0 aliphatic heterocycles. The maximum absolute atomic E-state index is 12.1. The molecule has 1 aromatic carbocycles. The monoisotopic (exact) mass is 414 g/mol. The highest BCUT2D eigenvalue weighted by atomic mass is 32.1. The zero-order chi connectivity index (χ0) is 21.2. The molecule has 1 unspecified atom stereocenters. The molecule has 156 valence electrons. The lowest BCUT2D eigenvalue weighted by Crippen LogP contribution is -3.09. The fourth-order valence-electron chi connectivity index (χ4n) is 3.26. The topological polar surface area (TPSA) is 56.3 Å². The molecule has 0 bridgehead atoms. The van der Waals surface area contributed by atoms with Crippen molar-refractivity contribution in [3.05, 3.63) is 47.3 Å². The number of carbonyl (C=O) groups is 1. The van der Waals surface area contributed by atoms with E-state index >= 15 is 0 Å². The number of aromatic nitrogens is 3. The first kappa shape index (κ1) is 21.5. The standard InChI is InChI=1S/C22H31N5OS/c1-6-13-26-20(16-7-9-17(10-8-16)22(2,3)4)24-27(21(26)29)15-25(5)14-19(28)23-18-11-12-18/h6-10,18H,1,11-15H2,2-5H3,(H,23,28)/p+1. The molecule has 2 N–H and O–H groups in total. The van der Waals surface area contributed by atoms with E-state index in [1.165, 1.54) is 5.56 Å². The van der Waals surface area contributed by atoms with E-state index in [4.69, 9.17) is 17.3 Å². The molecule has 1 amide bonds. The summed E-state index contributed by atoms with van der Waals surface area (Å²) in [6.45, 7) is 12.0. The van der Waals surface area contributed by atoms with Crippen LogP contribution in [-0.2, 0) is 23.4 Å². The number of amides is 1. The van der Waals surface area contributed by atoms with Gasteiger partial charge < -0.3 is 10.2 Å². The van der Waals surface area contributed by atoms with Crippen molar-refractivity contribution in [2.24, 2.45) is 0 Å². The summed E-state index contributed by atoms with van der Waals surface area (Å²) >= 11 is 5.68. The molecule has 1 fully saturated rings. The van der Waals surface area contributed by atoms with Gasteiger partial charge in [0.2, 0.25) is 4.77 Å². The van der Waals surface area contributed by atoms with Gasteiger partial charge in [-0.05, 0) is 36.0 Å². The van der Waals surface area contributed by atoms with Crippen molar-refractivity contribution in [1.29, 1.82) is 0 Å². The van der Waals surface area contributed by atoms with Crippen molar-refractivity contribution in [3.8, 4) is 11.4 Å². The second-order valence-electron chi connectivity index (χ2n) is 8.97. The molecule has 2 aromatic rings. The van der Waals surface area contributed by atoms with Crippen LogP contribution in [0.1, 0.15) is 39.2 Å². The molecule has 1 saturated carbocycles. The fraction of sp³-hybridized carbons (Fsp3) is 0.500. The van der Waals surface area contributed by atoms with Gasteiger partial charge in [0.25, 0.3) is 5.91 Å². The molecule has 7 heteroatoms. The quantitative estimate of drug-likeness (QED) is 0.515. The summed E-state index contributed by atoms with van der Waals surface area (Å²) in [5.41, 5.74) is 2.40. The van der Waals surface area contributed by atoms with Crippen molar-refractivity contribution in [1.82, 2.24) is 19.7 Å². The Morgan fingerprint density at radius 2 is 2.00 bits per heavy atom. The lowest BCUT2D eigenvalue weighted by atomic mass is 9.87. The third-order valence-corrected chi connectivity index (χ3v) is 5.50. The summed E-state index contributed by atoms with van der Waals surface area (Å²) in [5.74, 6) is 0.908. The summed E-state index contributed by atoms with van der Waals surface area (Å²) in [4.78, 5) is 13.1. The maximum Gasteiger partial charge on any atom is 0.275 e. The molecule has 0 spiro atoms. The highest BCUT2D eigenvalue weighted by Gasteiger charge is 2.25. The Hall–Kier alpha value is -2.25. The lowest BCUT2D eigenvalue weighted by molar-refractivity contribution is -0.895. The van der Waals surface area contributed by atoms with E-state index in [2.05, 4.69) is 56.9 Å². The normalized spacial score (nSPS) is 15.2. The van der Waals surface area contributed by atoms with Crippen LogP contribution in [0, 0.1) is 4.77 Å². The van der Waals surface area contributed by atoms with Crippen molar-refractivity contribution >= 4 is 18.1 Å². The van der Waals surface area contributed by atoms with Crippen molar-refractivity contribution in [2.75, 3.05) is 13.6 Å². The number of quaternary nitrogens is 1. The van der Waals surface area contributed by atoms with Crippen LogP contribution in [0.2, 0.25) is 0 Å². The molecule has 6 nitrogen and oxygen atoms in total. The molecule has 3 rings (SSSR count). The van der Waals surface area contributed by atoms with Gasteiger partial charge in [0, 0.05) is 18.2 Å². The van der Waals surface area contributed by atoms with Gasteiger partial charge >= 0.3 is 0 Å². The number of nitrogens with one attached hydrogen (secondary N) is 2. The van der Waals surface area contributed by atoms with Crippen LogP contribution in [0.4, 0.5) is 0 Å². The Morgan fingerprint density at radius 1 is 1.34 bits per heavy atom. The molecule has 1 aromatic heterocycles. The Morgan fingerprint density at radius 3 is 2.55 bits per heavy atom. The van der Waals surface area contributed by atoms with E-state index < -0.39 is 0 Å². The SMILES string of the molecule is C=CCn1c(-c2ccc(C(C)(C)C)cc2)nn(C[NH+](C)CC(=O)NC2CC2)c1=S. The first-order chi connectivity index (χ1) is 13.7. The zero-order valence-corrected chi connectivity index (χ0v) is 18.7. The Kier molecular flexibility index (Phi) is 6.39. The predicted molar refractivity (Wildman–Crippen MR) is 118 cm³/mol. The number of allylic oxidation sites excluding steroid dienone is 1. The third-order valence-electron chi connectivity index (χ3n) is 5.07. The Labute approximate surface area is 178 Å². The number of hydrogen-bond donors (Lipinski definition) is 2. The molecule has 1 aliphatic carbocycles. The number of carbonyl (C=O) groups excluding carboxylic acids is 1. The number of benzene rings is 1. The van der Waals surface area contributed by atoms with Crippen LogP contribution >= 0.6 is 12.2 Å². The molecule has 0 radical (unpaired) electrons. The van der Waals surface area contributed by atoms with E-state index in [-0.39, 0.29) is 11.3 Å². The maximum atomic E-state index is 12.1. The number of likely N-dealkylation sites (N-methyl/N-ethyl adjacent to an activating group) is 1. The van der Waals surface area contributed by atoms with E-state index in [0.29, 0.717) is 30.6 Å². The summed E-state index contributed by atoms with van der Waals surface area (Å²) in [6.07, 6.45) is 4.02. The van der Waals surface area contributed by atoms with Crippen LogP contribution < -0.4 is 10.2 Å². The van der Waals surface area contributed by atoms with Crippen molar-refractivity contribution in [2.45, 2.75) is 58.3 Å². The summed E-state index contributed by atoms with van der Waals surface area (Å²) in [7, 11) is 1.98. The van der Waals surface area contributed by atoms with Gasteiger partial charge in [-0.2, -0.15) is 4.68 Å². The fourth-order valence-corrected chi connectivity index (χ4v) is 3.53. The zero-order valence-electron chi connectivity index (χ0n) is 17.9. The number of hydrogen-bond acceptors (Lipinski definition) is 3. The van der Waals surface area contributed by atoms with Gasteiger partial charge in [0.15, 0.2) is 19.0 Å². The third kappa shape index (κ3) is 5.42. The molecular weight excluding hydrogens is 382 g/mol. The van der Waals surface area contributed by atoms with Crippen LogP contribution in [0.5, 0.6) is 0 Å². The van der Waals surface area contributed by atoms with E-state index in [9.17, 15) is 4.79 Å². The largest absolute Gasteiger partial charge is 0.348 e. The Bertz CT molecular complexity index is 932. The second-order valence-corrected chi connectivity index (χ2v) is 9.33. The average Bonchev–Trinajstić information content (AvgIpc) is 3.40. The molecule has 1 heterocycles. The van der Waals surface area contributed by atoms with E-state index in [1.807, 2.05) is 22.4 Å². The smallest absolute Gasteiger partial charge is 0.275 e. The van der Waals surface area contributed by atoms with Crippen molar-refractivity contribution < 1.29 is 9.69 Å².